The molecule has 0 spiro atoms. The maximum atomic E-state index is 12.7. The molecule has 5 rings (SSSR count). The molecule has 2 aliphatic rings. The molecule has 6 heteroatoms. The largest absolute Gasteiger partial charge is 0.301 e. The van der Waals surface area contributed by atoms with E-state index in [0.717, 1.165) is 44.2 Å². The number of nitrogens with one attached hydrogen (secondary N) is 1. The average molecular weight is 461 g/mol. The van der Waals surface area contributed by atoms with Gasteiger partial charge in [-0.3, -0.25) is 14.6 Å². The molecule has 1 amide bonds. The number of benzene rings is 2. The molecule has 1 aromatic heterocycles. The van der Waals surface area contributed by atoms with Crippen molar-refractivity contribution in [3.05, 3.63) is 82.4 Å². The maximum Gasteiger partial charge on any atom is 0.240 e. The molecule has 2 aromatic carbocycles. The highest BCUT2D eigenvalue weighted by Crippen LogP contribution is 2.32. The van der Waals surface area contributed by atoms with Crippen LogP contribution in [-0.4, -0.2) is 53.4 Å². The summed E-state index contributed by atoms with van der Waals surface area (Å²) in [4.78, 5) is 23.5. The SMILES string of the molecule is C[C@H]1CCc2nc(NC(=O)CN3CCN(C(c4ccccc4)c4ccccc4)CC3)sc2C1. The summed E-state index contributed by atoms with van der Waals surface area (Å²) in [6.45, 7) is 6.36. The lowest BCUT2D eigenvalue weighted by atomic mass is 9.93. The maximum absolute atomic E-state index is 12.7. The molecule has 5 nitrogen and oxygen atoms in total. The van der Waals surface area contributed by atoms with E-state index >= 15 is 0 Å². The van der Waals surface area contributed by atoms with Crippen molar-refractivity contribution >= 4 is 22.4 Å². The lowest BCUT2D eigenvalue weighted by molar-refractivity contribution is -0.117. The van der Waals surface area contributed by atoms with Gasteiger partial charge in [0.05, 0.1) is 18.3 Å². The van der Waals surface area contributed by atoms with Gasteiger partial charge in [-0.25, -0.2) is 4.98 Å². The van der Waals surface area contributed by atoms with Gasteiger partial charge in [0.25, 0.3) is 0 Å². The van der Waals surface area contributed by atoms with Crippen molar-refractivity contribution in [3.63, 3.8) is 0 Å². The van der Waals surface area contributed by atoms with E-state index < -0.39 is 0 Å². The van der Waals surface area contributed by atoms with Crippen molar-refractivity contribution < 1.29 is 4.79 Å². The monoisotopic (exact) mass is 460 g/mol. The summed E-state index contributed by atoms with van der Waals surface area (Å²) in [5.41, 5.74) is 3.82. The minimum absolute atomic E-state index is 0.0465. The number of amides is 1. The number of rotatable bonds is 6. The molecule has 1 aliphatic carbocycles. The molecule has 1 aliphatic heterocycles. The van der Waals surface area contributed by atoms with Gasteiger partial charge >= 0.3 is 0 Å². The van der Waals surface area contributed by atoms with Crippen LogP contribution in [-0.2, 0) is 17.6 Å². The highest BCUT2D eigenvalue weighted by Gasteiger charge is 2.27. The van der Waals surface area contributed by atoms with Crippen molar-refractivity contribution in [2.75, 3.05) is 38.0 Å². The normalized spacial score (nSPS) is 19.4. The van der Waals surface area contributed by atoms with Crippen LogP contribution in [0.25, 0.3) is 0 Å². The van der Waals surface area contributed by atoms with Gasteiger partial charge in [0.15, 0.2) is 5.13 Å². The van der Waals surface area contributed by atoms with E-state index in [-0.39, 0.29) is 11.9 Å². The first kappa shape index (κ1) is 22.3. The quantitative estimate of drug-likeness (QED) is 0.583. The van der Waals surface area contributed by atoms with Gasteiger partial charge in [-0.05, 0) is 36.3 Å². The fourth-order valence-corrected chi connectivity index (χ4v) is 6.21. The van der Waals surface area contributed by atoms with Crippen LogP contribution in [0, 0.1) is 5.92 Å². The van der Waals surface area contributed by atoms with E-state index in [4.69, 9.17) is 0 Å². The lowest BCUT2D eigenvalue weighted by Gasteiger charge is -2.39. The van der Waals surface area contributed by atoms with Crippen molar-refractivity contribution in [1.82, 2.24) is 14.8 Å². The van der Waals surface area contributed by atoms with E-state index in [2.05, 4.69) is 87.7 Å². The molecular formula is C27H32N4OS. The fourth-order valence-electron chi connectivity index (χ4n) is 5.02. The minimum atomic E-state index is 0.0465. The molecule has 1 N–H and O–H groups in total. The van der Waals surface area contributed by atoms with Crippen LogP contribution in [0.15, 0.2) is 60.7 Å². The van der Waals surface area contributed by atoms with E-state index in [0.29, 0.717) is 12.5 Å². The van der Waals surface area contributed by atoms with Crippen LogP contribution in [0.5, 0.6) is 0 Å². The molecule has 33 heavy (non-hydrogen) atoms. The van der Waals surface area contributed by atoms with Crippen LogP contribution in [0.3, 0.4) is 0 Å². The molecular weight excluding hydrogens is 428 g/mol. The first-order valence-corrected chi connectivity index (χ1v) is 12.8. The highest BCUT2D eigenvalue weighted by atomic mass is 32.1. The number of fused-ring (bicyclic) bond motifs is 1. The second-order valence-corrected chi connectivity index (χ2v) is 10.4. The third kappa shape index (κ3) is 5.35. The van der Waals surface area contributed by atoms with Gasteiger partial charge in [-0.2, -0.15) is 0 Å². The number of thiazole rings is 1. The molecule has 1 saturated heterocycles. The second kappa shape index (κ2) is 10.2. The molecule has 0 radical (unpaired) electrons. The van der Waals surface area contributed by atoms with Crippen LogP contribution in [0.4, 0.5) is 5.13 Å². The lowest BCUT2D eigenvalue weighted by Crippen LogP contribution is -2.49. The topological polar surface area (TPSA) is 48.5 Å². The Kier molecular flexibility index (Phi) is 6.85. The van der Waals surface area contributed by atoms with Crippen molar-refractivity contribution in [1.29, 1.82) is 0 Å². The summed E-state index contributed by atoms with van der Waals surface area (Å²) in [7, 11) is 0. The zero-order valence-corrected chi connectivity index (χ0v) is 20.1. The molecule has 2 heterocycles. The number of hydrogen-bond acceptors (Lipinski definition) is 5. The Balaban J connectivity index is 1.18. The number of anilines is 1. The Hall–Kier alpha value is -2.54. The first-order chi connectivity index (χ1) is 16.2. The Labute approximate surface area is 200 Å². The van der Waals surface area contributed by atoms with Gasteiger partial charge in [-0.15, -0.1) is 11.3 Å². The van der Waals surface area contributed by atoms with E-state index in [1.54, 1.807) is 11.3 Å². The number of aromatic nitrogens is 1. The number of piperazine rings is 1. The van der Waals surface area contributed by atoms with Crippen LogP contribution in [0.1, 0.15) is 41.1 Å². The molecule has 0 unspecified atom stereocenters. The summed E-state index contributed by atoms with van der Waals surface area (Å²) < 4.78 is 0. The molecule has 1 atom stereocenters. The first-order valence-electron chi connectivity index (χ1n) is 12.0. The van der Waals surface area contributed by atoms with Gasteiger partial charge in [0.2, 0.25) is 5.91 Å². The molecule has 1 fully saturated rings. The molecule has 3 aromatic rings. The molecule has 172 valence electrons. The van der Waals surface area contributed by atoms with Gasteiger partial charge in [0, 0.05) is 31.1 Å². The molecule has 0 saturated carbocycles. The number of nitrogens with zero attached hydrogens (tertiary/aromatic N) is 3. The number of hydrogen-bond donors (Lipinski definition) is 1. The van der Waals surface area contributed by atoms with Crippen molar-refractivity contribution in [3.8, 4) is 0 Å². The van der Waals surface area contributed by atoms with Gasteiger partial charge in [-0.1, -0.05) is 67.6 Å². The Morgan fingerprint density at radius 3 is 2.30 bits per heavy atom. The summed E-state index contributed by atoms with van der Waals surface area (Å²) in [6, 6.07) is 21.7. The third-order valence-corrected chi connectivity index (χ3v) is 7.84. The van der Waals surface area contributed by atoms with Crippen LogP contribution >= 0.6 is 11.3 Å². The summed E-state index contributed by atoms with van der Waals surface area (Å²) in [5, 5.41) is 3.83. The number of carbonyl (C=O) groups excluding carboxylic acids is 1. The zero-order chi connectivity index (χ0) is 22.6. The number of carbonyl (C=O) groups is 1. The smallest absolute Gasteiger partial charge is 0.240 e. The van der Waals surface area contributed by atoms with E-state index in [1.807, 2.05) is 0 Å². The van der Waals surface area contributed by atoms with E-state index in [1.165, 1.54) is 28.1 Å². The zero-order valence-electron chi connectivity index (χ0n) is 19.2. The van der Waals surface area contributed by atoms with E-state index in [9.17, 15) is 4.79 Å². The highest BCUT2D eigenvalue weighted by molar-refractivity contribution is 7.15. The van der Waals surface area contributed by atoms with Gasteiger partial charge < -0.3 is 5.32 Å². The number of aryl methyl sites for hydroxylation is 1. The fraction of sp³-hybridized carbons (Fsp3) is 0.407. The summed E-state index contributed by atoms with van der Waals surface area (Å²) >= 11 is 1.66. The average Bonchev–Trinajstić information content (AvgIpc) is 3.23. The Morgan fingerprint density at radius 2 is 1.67 bits per heavy atom. The van der Waals surface area contributed by atoms with Crippen LogP contribution in [0.2, 0.25) is 0 Å². The Bertz CT molecular complexity index is 1020. The third-order valence-electron chi connectivity index (χ3n) is 6.80. The predicted octanol–water partition coefficient (Wildman–Crippen LogP) is 4.61. The van der Waals surface area contributed by atoms with Crippen molar-refractivity contribution in [2.45, 2.75) is 32.2 Å². The minimum Gasteiger partial charge on any atom is -0.301 e. The predicted molar refractivity (Wildman–Crippen MR) is 135 cm³/mol. The molecule has 0 bridgehead atoms. The summed E-state index contributed by atoms with van der Waals surface area (Å²) in [6.07, 6.45) is 3.32. The summed E-state index contributed by atoms with van der Waals surface area (Å²) in [5.74, 6) is 0.763. The van der Waals surface area contributed by atoms with Gasteiger partial charge in [0.1, 0.15) is 0 Å². The standard InChI is InChI=1S/C27H32N4OS/c1-20-12-13-23-24(18-20)33-27(28-23)29-25(32)19-30-14-16-31(17-15-30)26(21-8-4-2-5-9-21)22-10-6-3-7-11-22/h2-11,20,26H,12-19H2,1H3,(H,28,29,32)/t20-/m0/s1. The second-order valence-electron chi connectivity index (χ2n) is 9.32. The van der Waals surface area contributed by atoms with Crippen LogP contribution < -0.4 is 5.32 Å². The van der Waals surface area contributed by atoms with Crippen molar-refractivity contribution in [2.24, 2.45) is 5.92 Å². The Morgan fingerprint density at radius 1 is 1.03 bits per heavy atom.